The first-order chi connectivity index (χ1) is 17.3. The van der Waals surface area contributed by atoms with E-state index in [0.29, 0.717) is 0 Å². The van der Waals surface area contributed by atoms with Gasteiger partial charge in [0.25, 0.3) is 23.5 Å². The second-order valence-electron chi connectivity index (χ2n) is 7.17. The number of aliphatic hydroxyl groups is 2. The van der Waals surface area contributed by atoms with E-state index >= 15 is 0 Å². The Balaban J connectivity index is 1.63. The van der Waals surface area contributed by atoms with Crippen molar-refractivity contribution in [1.82, 2.24) is 19.5 Å². The molecule has 22 nitrogen and oxygen atoms in total. The van der Waals surface area contributed by atoms with Crippen molar-refractivity contribution >= 4 is 54.0 Å². The molecule has 2 aromatic rings. The molecule has 1 aliphatic heterocycles. The number of hydrogen-bond acceptors (Lipinski definition) is 20. The van der Waals surface area contributed by atoms with Gasteiger partial charge in [0.05, 0.1) is 12.9 Å². The zero-order valence-electron chi connectivity index (χ0n) is 18.1. The number of aromatic nitrogens is 4. The van der Waals surface area contributed by atoms with Gasteiger partial charge in [-0.2, -0.15) is 0 Å². The van der Waals surface area contributed by atoms with Crippen molar-refractivity contribution in [3.8, 4) is 0 Å². The Morgan fingerprint density at radius 1 is 1.00 bits per heavy atom. The van der Waals surface area contributed by atoms with Gasteiger partial charge in [0.2, 0.25) is 0 Å². The number of nitrogen functional groups attached to an aromatic ring is 1. The SMILES string of the molecule is Nc1ncnc2c1ncn2[C@@H]1O[C@H](COP(=O)([O-])OP(=O)([O-])OP(=O)([O-])OP(=O)([O-])CC(=O)O)[C@H](O)C1O. The molecule has 5 N–H and O–H groups in total. The summed E-state index contributed by atoms with van der Waals surface area (Å²) in [5.41, 5.74) is 5.83. The summed E-state index contributed by atoms with van der Waals surface area (Å²) in [6.45, 7) is -1.20. The Hall–Kier alpha value is -1.70. The van der Waals surface area contributed by atoms with Gasteiger partial charge in [0.1, 0.15) is 36.3 Å². The lowest BCUT2D eigenvalue weighted by molar-refractivity contribution is -0.251. The van der Waals surface area contributed by atoms with Gasteiger partial charge in [-0.3, -0.25) is 27.4 Å². The predicted molar refractivity (Wildman–Crippen MR) is 108 cm³/mol. The number of aliphatic hydroxyl groups excluding tert-OH is 2. The Morgan fingerprint density at radius 3 is 2.24 bits per heavy atom. The van der Waals surface area contributed by atoms with Gasteiger partial charge in [0, 0.05) is 0 Å². The number of anilines is 1. The fraction of sp³-hybridized carbons (Fsp3) is 0.500. The Bertz CT molecular complexity index is 1400. The first-order valence-electron chi connectivity index (χ1n) is 9.49. The van der Waals surface area contributed by atoms with Crippen LogP contribution in [0.4, 0.5) is 5.82 Å². The molecule has 0 spiro atoms. The number of carboxylic acids is 1. The smallest absolute Gasteiger partial charge is 0.311 e. The molecule has 5 unspecified atom stereocenters. The molecule has 3 rings (SSSR count). The van der Waals surface area contributed by atoms with E-state index in [1.165, 1.54) is 0 Å². The number of carbonyl (C=O) groups is 1. The fourth-order valence-electron chi connectivity index (χ4n) is 2.96. The molecule has 8 atom stereocenters. The molecular weight excluding hydrogens is 610 g/mol. The molecule has 0 bridgehead atoms. The molecule has 38 heavy (non-hydrogen) atoms. The Morgan fingerprint density at radius 2 is 1.61 bits per heavy atom. The normalized spacial score (nSPS) is 28.3. The molecule has 0 amide bonds. The summed E-state index contributed by atoms with van der Waals surface area (Å²) < 4.78 is 67.1. The number of phosphoric acid groups is 3. The third kappa shape index (κ3) is 7.70. The van der Waals surface area contributed by atoms with Crippen molar-refractivity contribution in [2.75, 3.05) is 18.5 Å². The summed E-state index contributed by atoms with van der Waals surface area (Å²) >= 11 is 0. The number of aliphatic carboxylic acids is 1. The van der Waals surface area contributed by atoms with Gasteiger partial charge in [-0.1, -0.05) is 0 Å². The van der Waals surface area contributed by atoms with Crippen LogP contribution in [-0.4, -0.2) is 71.9 Å². The van der Waals surface area contributed by atoms with Gasteiger partial charge >= 0.3 is 5.97 Å². The van der Waals surface area contributed by atoms with Crippen LogP contribution in [0.15, 0.2) is 12.7 Å². The lowest BCUT2D eigenvalue weighted by Crippen LogP contribution is -2.34. The minimum absolute atomic E-state index is 0.0247. The van der Waals surface area contributed by atoms with Crippen LogP contribution >= 0.6 is 31.1 Å². The second kappa shape index (κ2) is 11.1. The number of fused-ring (bicyclic) bond motifs is 1. The highest BCUT2D eigenvalue weighted by Crippen LogP contribution is 2.66. The summed E-state index contributed by atoms with van der Waals surface area (Å²) in [7, 11) is -24.7. The summed E-state index contributed by atoms with van der Waals surface area (Å²) in [4.78, 5) is 68.2. The zero-order valence-corrected chi connectivity index (χ0v) is 21.7. The summed E-state index contributed by atoms with van der Waals surface area (Å²) in [6.07, 6.45) is -6.33. The molecule has 2 aromatic heterocycles. The highest BCUT2D eigenvalue weighted by Gasteiger charge is 2.45. The third-order valence-electron chi connectivity index (χ3n) is 4.35. The largest absolute Gasteiger partial charge is 0.778 e. The van der Waals surface area contributed by atoms with Crippen molar-refractivity contribution in [2.45, 2.75) is 24.5 Å². The minimum atomic E-state index is -6.48. The van der Waals surface area contributed by atoms with E-state index in [2.05, 4.69) is 32.4 Å². The lowest BCUT2D eigenvalue weighted by atomic mass is 10.1. The van der Waals surface area contributed by atoms with Crippen LogP contribution in [0.3, 0.4) is 0 Å². The van der Waals surface area contributed by atoms with Crippen molar-refractivity contribution in [2.24, 2.45) is 0 Å². The van der Waals surface area contributed by atoms with Gasteiger partial charge < -0.3 is 54.5 Å². The molecule has 1 saturated heterocycles. The van der Waals surface area contributed by atoms with E-state index in [9.17, 15) is 52.8 Å². The number of nitrogens with zero attached hydrogens (tertiary/aromatic N) is 4. The van der Waals surface area contributed by atoms with Crippen LogP contribution in [-0.2, 0) is 45.2 Å². The number of phosphoric ester groups is 1. The van der Waals surface area contributed by atoms with Crippen LogP contribution < -0.4 is 25.3 Å². The van der Waals surface area contributed by atoms with Crippen molar-refractivity contribution in [3.63, 3.8) is 0 Å². The minimum Gasteiger partial charge on any atom is -0.778 e. The Labute approximate surface area is 209 Å². The summed E-state index contributed by atoms with van der Waals surface area (Å²) in [5.74, 6) is -2.09. The van der Waals surface area contributed by atoms with E-state index in [0.717, 1.165) is 17.2 Å². The molecule has 0 aromatic carbocycles. The predicted octanol–water partition coefficient (Wildman–Crippen LogP) is -3.86. The second-order valence-corrected chi connectivity index (χ2v) is 13.6. The molecule has 3 heterocycles. The molecule has 0 aliphatic carbocycles. The van der Waals surface area contributed by atoms with Crippen LogP contribution in [0, 0.1) is 0 Å². The molecule has 26 heteroatoms. The van der Waals surface area contributed by atoms with Crippen molar-refractivity contribution < 1.29 is 80.1 Å². The monoisotopic (exact) mass is 625 g/mol. The molecular formula is C12H15N5O17P4-4. The molecule has 0 saturated carbocycles. The first kappa shape index (κ1) is 30.8. The average molecular weight is 625 g/mol. The van der Waals surface area contributed by atoms with E-state index < -0.39 is 74.3 Å². The van der Waals surface area contributed by atoms with Crippen LogP contribution in [0.2, 0.25) is 0 Å². The number of rotatable bonds is 12. The quantitative estimate of drug-likeness (QED) is 0.164. The van der Waals surface area contributed by atoms with Crippen molar-refractivity contribution in [3.05, 3.63) is 12.7 Å². The summed E-state index contributed by atoms with van der Waals surface area (Å²) in [5, 5.41) is 28.9. The van der Waals surface area contributed by atoms with Gasteiger partial charge in [-0.25, -0.2) is 23.6 Å². The lowest BCUT2D eigenvalue weighted by Gasteiger charge is -2.36. The van der Waals surface area contributed by atoms with Crippen LogP contribution in [0.25, 0.3) is 11.2 Å². The molecule has 1 aliphatic rings. The molecule has 0 radical (unpaired) electrons. The molecule has 1 fully saturated rings. The standard InChI is InChI=1S/C12H19N5O17P4/c13-10-7-11(15-3-14-10)17(4-16-7)12-9(21)8(20)5(31-12)1-30-36(24,25)33-38(28,29)34-37(26,27)32-35(22,23)2-6(18)19/h3-5,8-9,12,20-21H,1-2H2,(H,18,19)(H,22,23)(H,24,25)(H,26,27)(H,28,29)(H2,13,14,15)/p-4/t5-,8+,9?,12-/m1/s1. The van der Waals surface area contributed by atoms with Gasteiger partial charge in [0.15, 0.2) is 25.3 Å². The topological polar surface area (TPSA) is 354 Å². The zero-order chi connectivity index (χ0) is 28.7. The van der Waals surface area contributed by atoms with E-state index in [4.69, 9.17) is 15.6 Å². The average Bonchev–Trinajstić information content (AvgIpc) is 3.25. The molecule has 214 valence electrons. The highest BCUT2D eigenvalue weighted by molar-refractivity contribution is 7.69. The van der Waals surface area contributed by atoms with Crippen LogP contribution in [0.5, 0.6) is 0 Å². The van der Waals surface area contributed by atoms with Gasteiger partial charge in [-0.05, 0) is 0 Å². The highest BCUT2D eigenvalue weighted by atomic mass is 31.3. The number of imidazole rings is 1. The number of nitrogens with two attached hydrogens (primary N) is 1. The van der Waals surface area contributed by atoms with Crippen molar-refractivity contribution in [1.29, 1.82) is 0 Å². The summed E-state index contributed by atoms with van der Waals surface area (Å²) in [6, 6.07) is 0. The van der Waals surface area contributed by atoms with E-state index in [1.807, 2.05) is 0 Å². The van der Waals surface area contributed by atoms with E-state index in [1.54, 1.807) is 0 Å². The van der Waals surface area contributed by atoms with Crippen LogP contribution in [0.1, 0.15) is 6.23 Å². The first-order valence-corrected chi connectivity index (χ1v) is 15.6. The van der Waals surface area contributed by atoms with E-state index in [-0.39, 0.29) is 17.0 Å². The maximum absolute atomic E-state index is 11.9. The number of hydrogen-bond donors (Lipinski definition) is 4. The maximum Gasteiger partial charge on any atom is 0.311 e. The van der Waals surface area contributed by atoms with Gasteiger partial charge in [-0.15, -0.1) is 0 Å². The Kier molecular flexibility index (Phi) is 8.97. The maximum atomic E-state index is 11.9. The third-order valence-corrected chi connectivity index (χ3v) is 10.5. The number of ether oxygens (including phenoxy) is 1. The fourth-order valence-corrected chi connectivity index (χ4v) is 8.00. The number of carboxylic acid groups (broad SMARTS) is 1.